The quantitative estimate of drug-likeness (QED) is 0.423. The maximum Gasteiger partial charge on any atom is 0.341 e. The summed E-state index contributed by atoms with van der Waals surface area (Å²) in [5.41, 5.74) is -0.241. The van der Waals surface area contributed by atoms with Gasteiger partial charge < -0.3 is 19.5 Å². The molecule has 1 aliphatic rings. The second-order valence-corrected chi connectivity index (χ2v) is 8.52. The zero-order valence-corrected chi connectivity index (χ0v) is 19.0. The van der Waals surface area contributed by atoms with Crippen molar-refractivity contribution in [2.45, 2.75) is 0 Å². The van der Waals surface area contributed by atoms with Gasteiger partial charge in [-0.15, -0.1) is 0 Å². The van der Waals surface area contributed by atoms with Gasteiger partial charge in [0.15, 0.2) is 0 Å². The molecule has 7 nitrogen and oxygen atoms in total. The maximum absolute atomic E-state index is 15.2. The number of hydrogen-bond acceptors (Lipinski definition) is 5. The van der Waals surface area contributed by atoms with Gasteiger partial charge in [0.1, 0.15) is 28.2 Å². The number of piperazine rings is 1. The molecule has 0 unspecified atom stereocenters. The monoisotopic (exact) mass is 496 g/mol. The van der Waals surface area contributed by atoms with Crippen molar-refractivity contribution in [3.05, 3.63) is 93.4 Å². The minimum atomic E-state index is -1.43. The van der Waals surface area contributed by atoms with Crippen molar-refractivity contribution in [3.63, 3.8) is 0 Å². The lowest BCUT2D eigenvalue weighted by Gasteiger charge is -2.37. The first-order valence-electron chi connectivity index (χ1n) is 10.8. The van der Waals surface area contributed by atoms with E-state index in [4.69, 9.17) is 11.6 Å². The van der Waals surface area contributed by atoms with E-state index in [0.29, 0.717) is 42.5 Å². The molecule has 0 bridgehead atoms. The number of hydrogen-bond donors (Lipinski definition) is 1. The van der Waals surface area contributed by atoms with Gasteiger partial charge in [0.05, 0.1) is 11.2 Å². The normalized spacial score (nSPS) is 13.9. The molecule has 178 valence electrons. The van der Waals surface area contributed by atoms with Crippen LogP contribution in [0.5, 0.6) is 0 Å². The summed E-state index contributed by atoms with van der Waals surface area (Å²) in [6, 6.07) is 13.4. The van der Waals surface area contributed by atoms with Gasteiger partial charge in [0, 0.05) is 43.4 Å². The van der Waals surface area contributed by atoms with Crippen molar-refractivity contribution in [2.75, 3.05) is 36.0 Å². The highest BCUT2D eigenvalue weighted by atomic mass is 35.5. The first-order chi connectivity index (χ1) is 16.8. The Kier molecular flexibility index (Phi) is 5.86. The summed E-state index contributed by atoms with van der Waals surface area (Å²) in [4.78, 5) is 32.7. The van der Waals surface area contributed by atoms with Gasteiger partial charge in [-0.05, 0) is 48.5 Å². The average Bonchev–Trinajstić information content (AvgIpc) is 2.85. The summed E-state index contributed by atoms with van der Waals surface area (Å²) in [7, 11) is 0. The summed E-state index contributed by atoms with van der Waals surface area (Å²) in [5, 5.41) is 9.83. The number of halogens is 3. The molecule has 0 amide bonds. The number of rotatable bonds is 4. The predicted octanol–water partition coefficient (Wildman–Crippen LogP) is 4.34. The Morgan fingerprint density at radius 1 is 0.971 bits per heavy atom. The lowest BCUT2D eigenvalue weighted by molar-refractivity contribution is 0.0695. The molecule has 0 radical (unpaired) electrons. The molecule has 3 heterocycles. The first-order valence-corrected chi connectivity index (χ1v) is 11.2. The Hall–Kier alpha value is -3.98. The van der Waals surface area contributed by atoms with E-state index in [-0.39, 0.29) is 11.1 Å². The van der Waals surface area contributed by atoms with Gasteiger partial charge in [-0.25, -0.2) is 18.6 Å². The fraction of sp³-hybridized carbons (Fsp3) is 0.160. The molecule has 5 rings (SSSR count). The highest BCUT2D eigenvalue weighted by Crippen LogP contribution is 2.28. The van der Waals surface area contributed by atoms with Crippen LogP contribution in [-0.2, 0) is 0 Å². The lowest BCUT2D eigenvalue weighted by atomic mass is 10.1. The third-order valence-corrected chi connectivity index (χ3v) is 6.26. The number of benzene rings is 2. The van der Waals surface area contributed by atoms with Crippen molar-refractivity contribution < 1.29 is 18.7 Å². The second-order valence-electron chi connectivity index (χ2n) is 8.14. The van der Waals surface area contributed by atoms with Crippen LogP contribution < -0.4 is 15.2 Å². The van der Waals surface area contributed by atoms with Crippen LogP contribution >= 0.6 is 11.6 Å². The summed E-state index contributed by atoms with van der Waals surface area (Å²) in [6.45, 7) is 2.14. The summed E-state index contributed by atoms with van der Waals surface area (Å²) in [6.07, 6.45) is 1.19. The van der Waals surface area contributed by atoms with E-state index in [2.05, 4.69) is 9.88 Å². The molecule has 1 saturated heterocycles. The molecule has 2 aromatic carbocycles. The minimum Gasteiger partial charge on any atom is -0.477 e. The van der Waals surface area contributed by atoms with Crippen LogP contribution in [0.25, 0.3) is 16.6 Å². The lowest BCUT2D eigenvalue weighted by Crippen LogP contribution is -2.47. The molecule has 1 fully saturated rings. The molecule has 10 heteroatoms. The van der Waals surface area contributed by atoms with Gasteiger partial charge in [-0.1, -0.05) is 17.7 Å². The Labute approximate surface area is 203 Å². The Morgan fingerprint density at radius 2 is 1.66 bits per heavy atom. The number of nitrogens with zero attached hydrogens (tertiary/aromatic N) is 4. The molecule has 0 spiro atoms. The maximum atomic E-state index is 15.2. The standard InChI is InChI=1S/C25H19ClF2N4O3/c26-22-2-1-3-23(29-22)31-10-8-30(9-11-31)21-13-20-17(12-19(21)28)24(33)18(25(34)35)14-32(20)16-6-4-15(27)5-7-16/h1-7,12-14H,8-11H2,(H,34,35). The summed E-state index contributed by atoms with van der Waals surface area (Å²) in [5.74, 6) is -1.78. The van der Waals surface area contributed by atoms with Crippen LogP contribution in [0.4, 0.5) is 20.3 Å². The number of aromatic nitrogens is 2. The molecular weight excluding hydrogens is 478 g/mol. The van der Waals surface area contributed by atoms with Crippen LogP contribution in [0.2, 0.25) is 5.15 Å². The molecule has 2 aromatic heterocycles. The molecule has 0 aliphatic carbocycles. The summed E-state index contributed by atoms with van der Waals surface area (Å²) >= 11 is 6.00. The molecule has 1 N–H and O–H groups in total. The van der Waals surface area contributed by atoms with Crippen LogP contribution in [0.1, 0.15) is 10.4 Å². The number of pyridine rings is 2. The van der Waals surface area contributed by atoms with Crippen LogP contribution in [0.15, 0.2) is 65.6 Å². The largest absolute Gasteiger partial charge is 0.477 e. The van der Waals surface area contributed by atoms with Crippen molar-refractivity contribution in [1.29, 1.82) is 0 Å². The van der Waals surface area contributed by atoms with Crippen molar-refractivity contribution >= 4 is 40.0 Å². The number of carboxylic acids is 1. The highest BCUT2D eigenvalue weighted by molar-refractivity contribution is 6.29. The third-order valence-electron chi connectivity index (χ3n) is 6.05. The zero-order chi connectivity index (χ0) is 24.7. The molecule has 0 saturated carbocycles. The van der Waals surface area contributed by atoms with E-state index < -0.39 is 28.6 Å². The second kappa shape index (κ2) is 8.99. The van der Waals surface area contributed by atoms with E-state index in [0.717, 1.165) is 11.9 Å². The van der Waals surface area contributed by atoms with Crippen molar-refractivity contribution in [2.24, 2.45) is 0 Å². The average molecular weight is 497 g/mol. The fourth-order valence-corrected chi connectivity index (χ4v) is 4.45. The minimum absolute atomic E-state index is 0.0720. The topological polar surface area (TPSA) is 78.7 Å². The molecular formula is C25H19ClF2N4O3. The smallest absolute Gasteiger partial charge is 0.341 e. The van der Waals surface area contributed by atoms with Gasteiger partial charge >= 0.3 is 5.97 Å². The van der Waals surface area contributed by atoms with E-state index in [1.54, 1.807) is 6.07 Å². The van der Waals surface area contributed by atoms with Crippen LogP contribution in [0.3, 0.4) is 0 Å². The SMILES string of the molecule is O=C(O)c1cn(-c2ccc(F)cc2)c2cc(N3CCN(c4cccc(Cl)n4)CC3)c(F)cc2c1=O. The number of fused-ring (bicyclic) bond motifs is 1. The number of carboxylic acid groups (broad SMARTS) is 1. The first kappa shape index (κ1) is 22.8. The van der Waals surface area contributed by atoms with Gasteiger partial charge in [0.2, 0.25) is 5.43 Å². The van der Waals surface area contributed by atoms with Crippen LogP contribution in [0, 0.1) is 11.6 Å². The Morgan fingerprint density at radius 3 is 2.31 bits per heavy atom. The number of anilines is 2. The fourth-order valence-electron chi connectivity index (χ4n) is 4.29. The molecule has 0 atom stereocenters. The van der Waals surface area contributed by atoms with E-state index in [1.807, 2.05) is 17.0 Å². The van der Waals surface area contributed by atoms with Crippen molar-refractivity contribution in [3.8, 4) is 5.69 Å². The van der Waals surface area contributed by atoms with Gasteiger partial charge in [0.25, 0.3) is 0 Å². The molecule has 4 aromatic rings. The predicted molar refractivity (Wildman–Crippen MR) is 130 cm³/mol. The van der Waals surface area contributed by atoms with Crippen molar-refractivity contribution in [1.82, 2.24) is 9.55 Å². The Bertz CT molecular complexity index is 1500. The summed E-state index contributed by atoms with van der Waals surface area (Å²) < 4.78 is 30.2. The van der Waals surface area contributed by atoms with E-state index in [9.17, 15) is 19.1 Å². The number of carbonyl (C=O) groups is 1. The number of aromatic carboxylic acids is 1. The zero-order valence-electron chi connectivity index (χ0n) is 18.3. The van der Waals surface area contributed by atoms with E-state index >= 15 is 4.39 Å². The van der Waals surface area contributed by atoms with Gasteiger partial charge in [-0.2, -0.15) is 0 Å². The highest BCUT2D eigenvalue weighted by Gasteiger charge is 2.23. The Balaban J connectivity index is 1.56. The molecule has 1 aliphatic heterocycles. The van der Waals surface area contributed by atoms with Gasteiger partial charge in [-0.3, -0.25) is 4.79 Å². The third kappa shape index (κ3) is 4.30. The van der Waals surface area contributed by atoms with Crippen LogP contribution in [-0.4, -0.2) is 46.8 Å². The molecule has 35 heavy (non-hydrogen) atoms. The van der Waals surface area contributed by atoms with E-state index in [1.165, 1.54) is 41.1 Å².